The molecule has 0 saturated heterocycles. The molecule has 2 aromatic carbocycles. The topological polar surface area (TPSA) is 91.8 Å². The van der Waals surface area contributed by atoms with Crippen molar-refractivity contribution in [2.45, 2.75) is 0 Å². The normalized spacial score (nSPS) is 10.0. The van der Waals surface area contributed by atoms with Crippen LogP contribution in [0.15, 0.2) is 30.3 Å². The Morgan fingerprint density at radius 1 is 0.762 bits per heavy atom. The summed E-state index contributed by atoms with van der Waals surface area (Å²) in [7, 11) is 4.71. The molecule has 0 unspecified atom stereocenters. The van der Waals surface area contributed by atoms with Crippen LogP contribution in [0.5, 0.6) is 17.2 Å². The summed E-state index contributed by atoms with van der Waals surface area (Å²) in [5.74, 6) is 1.69. The summed E-state index contributed by atoms with van der Waals surface area (Å²) < 4.78 is 15.9. The molecule has 0 atom stereocenters. The Kier molecular flexibility index (Phi) is 4.27. The molecule has 0 aliphatic carbocycles. The number of rotatable bonds is 5. The first kappa shape index (κ1) is 14.6. The van der Waals surface area contributed by atoms with Gasteiger partial charge < -0.3 is 31.0 Å². The maximum Gasteiger partial charge on any atom is 0.203 e. The highest BCUT2D eigenvalue weighted by atomic mass is 16.5. The molecule has 2 rings (SSSR count). The molecule has 0 radical (unpaired) electrons. The average Bonchev–Trinajstić information content (AvgIpc) is 2.49. The third-order valence-corrected chi connectivity index (χ3v) is 3.04. The first-order chi connectivity index (χ1) is 10.1. The smallest absolute Gasteiger partial charge is 0.203 e. The SMILES string of the molecule is COc1cc(Nc2ccc(N)c(N)c2)cc(OC)c1OC. The van der Waals surface area contributed by atoms with Crippen LogP contribution >= 0.6 is 0 Å². The molecule has 0 aliphatic rings. The van der Waals surface area contributed by atoms with Crippen molar-refractivity contribution in [2.75, 3.05) is 38.1 Å². The largest absolute Gasteiger partial charge is 0.493 e. The highest BCUT2D eigenvalue weighted by Crippen LogP contribution is 2.40. The molecule has 0 spiro atoms. The van der Waals surface area contributed by atoms with E-state index in [0.717, 1.165) is 11.4 Å². The lowest BCUT2D eigenvalue weighted by atomic mass is 10.2. The molecule has 112 valence electrons. The monoisotopic (exact) mass is 289 g/mol. The first-order valence-electron chi connectivity index (χ1n) is 6.31. The van der Waals surface area contributed by atoms with E-state index in [9.17, 15) is 0 Å². The van der Waals surface area contributed by atoms with Crippen molar-refractivity contribution in [1.82, 2.24) is 0 Å². The van der Waals surface area contributed by atoms with E-state index in [1.54, 1.807) is 33.5 Å². The lowest BCUT2D eigenvalue weighted by molar-refractivity contribution is 0.324. The lowest BCUT2D eigenvalue weighted by Crippen LogP contribution is -1.99. The maximum atomic E-state index is 5.80. The van der Waals surface area contributed by atoms with Crippen molar-refractivity contribution in [1.29, 1.82) is 0 Å². The fourth-order valence-corrected chi connectivity index (χ4v) is 1.97. The number of hydrogen-bond acceptors (Lipinski definition) is 6. The fourth-order valence-electron chi connectivity index (χ4n) is 1.97. The predicted molar refractivity (Wildman–Crippen MR) is 84.6 cm³/mol. The van der Waals surface area contributed by atoms with Crippen LogP contribution in [0.25, 0.3) is 0 Å². The zero-order valence-corrected chi connectivity index (χ0v) is 12.3. The zero-order chi connectivity index (χ0) is 15.4. The molecular formula is C15H19N3O3. The van der Waals surface area contributed by atoms with Crippen molar-refractivity contribution < 1.29 is 14.2 Å². The van der Waals surface area contributed by atoms with Crippen LogP contribution in [0.1, 0.15) is 0 Å². The highest BCUT2D eigenvalue weighted by molar-refractivity contribution is 5.74. The van der Waals surface area contributed by atoms with Crippen LogP contribution in [-0.4, -0.2) is 21.3 Å². The summed E-state index contributed by atoms with van der Waals surface area (Å²) in [5.41, 5.74) is 14.2. The van der Waals surface area contributed by atoms with Crippen molar-refractivity contribution in [2.24, 2.45) is 0 Å². The Balaban J connectivity index is 2.37. The molecule has 5 N–H and O–H groups in total. The Morgan fingerprint density at radius 2 is 1.38 bits per heavy atom. The first-order valence-corrected chi connectivity index (χ1v) is 6.31. The fraction of sp³-hybridized carbons (Fsp3) is 0.200. The van der Waals surface area contributed by atoms with Gasteiger partial charge in [0.25, 0.3) is 0 Å². The van der Waals surface area contributed by atoms with Crippen LogP contribution in [0, 0.1) is 0 Å². The van der Waals surface area contributed by atoms with E-state index in [4.69, 9.17) is 25.7 Å². The predicted octanol–water partition coefficient (Wildman–Crippen LogP) is 2.62. The van der Waals surface area contributed by atoms with E-state index in [2.05, 4.69) is 5.32 Å². The minimum atomic E-state index is 0.521. The number of nitrogens with one attached hydrogen (secondary N) is 1. The van der Waals surface area contributed by atoms with E-state index < -0.39 is 0 Å². The molecule has 0 aromatic heterocycles. The molecular weight excluding hydrogens is 270 g/mol. The van der Waals surface area contributed by atoms with Gasteiger partial charge in [-0.05, 0) is 18.2 Å². The van der Waals surface area contributed by atoms with E-state index >= 15 is 0 Å². The van der Waals surface area contributed by atoms with Gasteiger partial charge in [-0.25, -0.2) is 0 Å². The van der Waals surface area contributed by atoms with Gasteiger partial charge in [0.1, 0.15) is 0 Å². The number of benzene rings is 2. The van der Waals surface area contributed by atoms with Crippen LogP contribution in [-0.2, 0) is 0 Å². The van der Waals surface area contributed by atoms with Crippen LogP contribution in [0.4, 0.5) is 22.7 Å². The lowest BCUT2D eigenvalue weighted by Gasteiger charge is -2.15. The van der Waals surface area contributed by atoms with Gasteiger partial charge in [0.05, 0.1) is 32.7 Å². The van der Waals surface area contributed by atoms with Crippen LogP contribution < -0.4 is 31.0 Å². The molecule has 0 heterocycles. The van der Waals surface area contributed by atoms with Gasteiger partial charge in [-0.1, -0.05) is 0 Å². The summed E-state index contributed by atoms with van der Waals surface area (Å²) in [6.07, 6.45) is 0. The molecule has 6 heteroatoms. The van der Waals surface area contributed by atoms with E-state index in [1.807, 2.05) is 18.2 Å². The number of anilines is 4. The quantitative estimate of drug-likeness (QED) is 0.733. The molecule has 6 nitrogen and oxygen atoms in total. The average molecular weight is 289 g/mol. The van der Waals surface area contributed by atoms with Crippen molar-refractivity contribution in [3.63, 3.8) is 0 Å². The molecule has 0 saturated carbocycles. The van der Waals surface area contributed by atoms with Gasteiger partial charge in [-0.2, -0.15) is 0 Å². The second-order valence-electron chi connectivity index (χ2n) is 4.38. The summed E-state index contributed by atoms with van der Waals surface area (Å²) in [4.78, 5) is 0. The number of nitrogens with two attached hydrogens (primary N) is 2. The van der Waals surface area contributed by atoms with Gasteiger partial charge >= 0.3 is 0 Å². The van der Waals surface area contributed by atoms with Gasteiger partial charge in [-0.15, -0.1) is 0 Å². The second-order valence-corrected chi connectivity index (χ2v) is 4.38. The molecule has 21 heavy (non-hydrogen) atoms. The third kappa shape index (κ3) is 3.05. The maximum absolute atomic E-state index is 5.80. The van der Waals surface area contributed by atoms with E-state index in [0.29, 0.717) is 28.6 Å². The minimum Gasteiger partial charge on any atom is -0.493 e. The van der Waals surface area contributed by atoms with Crippen LogP contribution in [0.3, 0.4) is 0 Å². The van der Waals surface area contributed by atoms with Gasteiger partial charge in [0.2, 0.25) is 5.75 Å². The Bertz CT molecular complexity index is 619. The zero-order valence-electron chi connectivity index (χ0n) is 12.3. The van der Waals surface area contributed by atoms with Crippen molar-refractivity contribution in [3.8, 4) is 17.2 Å². The van der Waals surface area contributed by atoms with Gasteiger partial charge in [0, 0.05) is 23.5 Å². The van der Waals surface area contributed by atoms with Crippen LogP contribution in [0.2, 0.25) is 0 Å². The Morgan fingerprint density at radius 3 is 1.86 bits per heavy atom. The Labute approximate surface area is 123 Å². The van der Waals surface area contributed by atoms with Gasteiger partial charge in [-0.3, -0.25) is 0 Å². The highest BCUT2D eigenvalue weighted by Gasteiger charge is 2.13. The van der Waals surface area contributed by atoms with Crippen molar-refractivity contribution >= 4 is 22.7 Å². The molecule has 0 amide bonds. The van der Waals surface area contributed by atoms with E-state index in [1.165, 1.54) is 0 Å². The standard InChI is InChI=1S/C15H19N3O3/c1-19-13-7-10(8-14(20-2)15(13)21-3)18-9-4-5-11(16)12(17)6-9/h4-8,18H,16-17H2,1-3H3. The summed E-state index contributed by atoms with van der Waals surface area (Å²) in [6.45, 7) is 0. The Hall–Kier alpha value is -2.76. The number of nitrogen functional groups attached to an aromatic ring is 2. The number of ether oxygens (including phenoxy) is 3. The minimum absolute atomic E-state index is 0.521. The van der Waals surface area contributed by atoms with Gasteiger partial charge in [0.15, 0.2) is 11.5 Å². The third-order valence-electron chi connectivity index (χ3n) is 3.04. The number of methoxy groups -OCH3 is 3. The molecule has 0 fully saturated rings. The summed E-state index contributed by atoms with van der Waals surface area (Å²) in [6, 6.07) is 8.98. The molecule has 2 aromatic rings. The second kappa shape index (κ2) is 6.13. The summed E-state index contributed by atoms with van der Waals surface area (Å²) in [5, 5.41) is 3.22. The number of hydrogen-bond donors (Lipinski definition) is 3. The van der Waals surface area contributed by atoms with Crippen molar-refractivity contribution in [3.05, 3.63) is 30.3 Å². The molecule has 0 bridgehead atoms. The molecule has 0 aliphatic heterocycles. The summed E-state index contributed by atoms with van der Waals surface area (Å²) >= 11 is 0. The van der Waals surface area contributed by atoms with E-state index in [-0.39, 0.29) is 0 Å².